The van der Waals surface area contributed by atoms with Gasteiger partial charge in [-0.05, 0) is 37.9 Å². The van der Waals surface area contributed by atoms with Gasteiger partial charge in [0.05, 0.1) is 0 Å². The monoisotopic (exact) mass is 1650 g/mol. The maximum Gasteiger partial charge on any atom is 0 e. The SMILES string of the molecule is CC.CC.CC.CC.CC.CC.CC.CC.CC(C)(C)c1[c-]c(-c2[c-]c(C(C)(C)C)ccc2)ccc1.CC(C)(C)c1[c-]c(-c2[c-]cc(C(C)(C)C)cc2)ccc1.CC(C)(C)c1[c-]c(-c2[c-]ccc(C(C)(C)C)c2)ccc1.CC(C)(C)c1[c-]c(-c2[c-]cccc2C(C)(C)C)ccc1.[Y].[Y].[Y].[Y]. The molecular formula is C96H144Y4-8. The molecule has 0 amide bonds. The number of hydrogen-bond acceptors (Lipinski definition) is 0. The zero-order valence-corrected chi connectivity index (χ0v) is 83.5. The van der Waals surface area contributed by atoms with Crippen molar-refractivity contribution in [2.24, 2.45) is 0 Å². The first-order valence-corrected chi connectivity index (χ1v) is 36.9. The van der Waals surface area contributed by atoms with Crippen molar-refractivity contribution in [3.05, 3.63) is 239 Å². The Morgan fingerprint density at radius 3 is 0.760 bits per heavy atom. The Morgan fingerprint density at radius 2 is 0.490 bits per heavy atom. The maximum atomic E-state index is 3.58. The minimum Gasteiger partial charge on any atom is -0.226 e. The van der Waals surface area contributed by atoms with Crippen molar-refractivity contribution < 1.29 is 131 Å². The smallest absolute Gasteiger partial charge is 0 e. The van der Waals surface area contributed by atoms with Crippen LogP contribution in [0.3, 0.4) is 0 Å². The van der Waals surface area contributed by atoms with E-state index in [4.69, 9.17) is 0 Å². The third kappa shape index (κ3) is 42.5. The summed E-state index contributed by atoms with van der Waals surface area (Å²) in [6.45, 7) is 85.4. The summed E-state index contributed by atoms with van der Waals surface area (Å²) in [5.41, 5.74) is 20.3. The zero-order chi connectivity index (χ0) is 75.9. The van der Waals surface area contributed by atoms with Gasteiger partial charge in [-0.2, -0.15) is 157 Å². The standard InChI is InChI=1S/4C20H24.8C2H6.4Y/c2*1-19(2,3)17-11-7-9-15(13-17)16-10-8-12-18(14-16)20(4,5)6;1-19(2,3)16-11-9-10-15(14-16)17-12-7-8-13-18(17)20(4,5)6;1-19(2,3)17-12-10-15(11-13-17)16-8-7-9-18(14-16)20(4,5)6;8*1-2;;;;/h7-9,11-12,14H,1-6H3;7-12H,1-6H3;7-11,13H,1-6H3;7-10,12-13H,1-6H3;8*1-2H3;;;;/q4*-2;;;;;;;;;;;;. The van der Waals surface area contributed by atoms with E-state index in [2.05, 4.69) is 348 Å². The van der Waals surface area contributed by atoms with E-state index in [0.29, 0.717) is 0 Å². The fourth-order valence-corrected chi connectivity index (χ4v) is 8.74. The summed E-state index contributed by atoms with van der Waals surface area (Å²) in [6.07, 6.45) is 0. The predicted octanol–water partition coefficient (Wildman–Crippen LogP) is 30.4. The van der Waals surface area contributed by atoms with Crippen molar-refractivity contribution in [3.8, 4) is 44.5 Å². The first kappa shape index (κ1) is 114. The van der Waals surface area contributed by atoms with Gasteiger partial charge in [0.1, 0.15) is 0 Å². The fraction of sp³-hybridized carbons (Fsp3) is 0.500. The second-order valence-corrected chi connectivity index (χ2v) is 29.8. The first-order chi connectivity index (χ1) is 44.7. The van der Waals surface area contributed by atoms with Gasteiger partial charge in [-0.3, -0.25) is 0 Å². The first-order valence-electron chi connectivity index (χ1n) is 36.9. The Balaban J connectivity index is -0.000000174. The van der Waals surface area contributed by atoms with Gasteiger partial charge in [-0.15, -0.1) is 81.4 Å². The van der Waals surface area contributed by atoms with Gasteiger partial charge in [-0.25, -0.2) is 44.5 Å². The fourth-order valence-electron chi connectivity index (χ4n) is 8.74. The van der Waals surface area contributed by atoms with Crippen LogP contribution < -0.4 is 0 Å². The maximum absolute atomic E-state index is 3.58. The van der Waals surface area contributed by atoms with Crippen molar-refractivity contribution in [3.63, 3.8) is 0 Å². The Hall–Kier alpha value is -1.82. The van der Waals surface area contributed by atoms with Gasteiger partial charge in [0.25, 0.3) is 0 Å². The van der Waals surface area contributed by atoms with Gasteiger partial charge in [0.15, 0.2) is 0 Å². The molecule has 0 spiro atoms. The molecule has 0 heterocycles. The van der Waals surface area contributed by atoms with Crippen LogP contribution in [0.25, 0.3) is 44.5 Å². The Labute approximate surface area is 725 Å². The molecule has 0 aliphatic carbocycles. The second-order valence-electron chi connectivity index (χ2n) is 29.8. The topological polar surface area (TPSA) is 0 Å². The predicted molar refractivity (Wildman–Crippen MR) is 439 cm³/mol. The summed E-state index contributed by atoms with van der Waals surface area (Å²) < 4.78 is 0. The largest absolute Gasteiger partial charge is 0.226 e. The van der Waals surface area contributed by atoms with Crippen LogP contribution in [0.15, 0.2) is 146 Å². The minimum atomic E-state index is 0. The average molecular weight is 1650 g/mol. The summed E-state index contributed by atoms with van der Waals surface area (Å²) in [4.78, 5) is 0. The van der Waals surface area contributed by atoms with Crippen LogP contribution in [0, 0.1) is 48.5 Å². The molecule has 0 atom stereocenters. The summed E-state index contributed by atoms with van der Waals surface area (Å²) in [6, 6.07) is 79.0. The van der Waals surface area contributed by atoms with E-state index < -0.39 is 0 Å². The number of rotatable bonds is 4. The molecule has 4 heteroatoms. The van der Waals surface area contributed by atoms with Gasteiger partial charge in [0.2, 0.25) is 0 Å². The van der Waals surface area contributed by atoms with Crippen LogP contribution in [-0.4, -0.2) is 0 Å². The van der Waals surface area contributed by atoms with Gasteiger partial charge >= 0.3 is 0 Å². The third-order valence-corrected chi connectivity index (χ3v) is 14.2. The molecule has 8 aromatic rings. The van der Waals surface area contributed by atoms with Crippen molar-refractivity contribution >= 4 is 0 Å². The van der Waals surface area contributed by atoms with Crippen LogP contribution in [0.2, 0.25) is 0 Å². The second kappa shape index (κ2) is 56.5. The molecule has 548 valence electrons. The Bertz CT molecular complexity index is 3040. The molecule has 0 aromatic heterocycles. The van der Waals surface area contributed by atoms with Gasteiger partial charge in [0, 0.05) is 131 Å². The summed E-state index contributed by atoms with van der Waals surface area (Å²) in [5, 5.41) is 0. The van der Waals surface area contributed by atoms with E-state index in [9.17, 15) is 0 Å². The molecule has 0 saturated carbocycles. The summed E-state index contributed by atoms with van der Waals surface area (Å²) in [5.74, 6) is 0. The molecule has 8 aromatic carbocycles. The van der Waals surface area contributed by atoms with Crippen molar-refractivity contribution in [1.29, 1.82) is 0 Å². The molecule has 0 unspecified atom stereocenters. The molecule has 0 nitrogen and oxygen atoms in total. The van der Waals surface area contributed by atoms with Gasteiger partial charge < -0.3 is 0 Å². The third-order valence-electron chi connectivity index (χ3n) is 14.2. The Morgan fingerprint density at radius 1 is 0.210 bits per heavy atom. The van der Waals surface area contributed by atoms with Crippen LogP contribution in [-0.2, 0) is 174 Å². The molecule has 4 radical (unpaired) electrons. The van der Waals surface area contributed by atoms with Crippen molar-refractivity contribution in [2.75, 3.05) is 0 Å². The minimum absolute atomic E-state index is 0. The quantitative estimate of drug-likeness (QED) is 0.154. The zero-order valence-electron chi connectivity index (χ0n) is 72.2. The molecule has 0 bridgehead atoms. The molecule has 0 saturated heterocycles. The van der Waals surface area contributed by atoms with E-state index in [1.165, 1.54) is 50.1 Å². The number of benzene rings is 8. The molecule has 100 heavy (non-hydrogen) atoms. The molecule has 8 rings (SSSR count). The van der Waals surface area contributed by atoms with Gasteiger partial charge in [-0.1, -0.05) is 282 Å². The Kier molecular flexibility index (Phi) is 64.4. The van der Waals surface area contributed by atoms with Crippen LogP contribution in [0.1, 0.15) is 321 Å². The molecule has 0 N–H and O–H groups in total. The van der Waals surface area contributed by atoms with Crippen LogP contribution in [0.4, 0.5) is 0 Å². The van der Waals surface area contributed by atoms with E-state index in [1.807, 2.05) is 123 Å². The van der Waals surface area contributed by atoms with Crippen molar-refractivity contribution in [1.82, 2.24) is 0 Å². The summed E-state index contributed by atoms with van der Waals surface area (Å²) in [7, 11) is 0. The van der Waals surface area contributed by atoms with Crippen LogP contribution in [0.5, 0.6) is 0 Å². The summed E-state index contributed by atoms with van der Waals surface area (Å²) >= 11 is 0. The average Bonchev–Trinajstić information content (AvgIpc) is 0.818. The molecule has 0 fully saturated rings. The molecular weight excluding hydrogens is 1510 g/mol. The number of hydrogen-bond donors (Lipinski definition) is 0. The van der Waals surface area contributed by atoms with Crippen molar-refractivity contribution in [2.45, 2.75) is 320 Å². The normalized spacial score (nSPS) is 10.5. The molecule has 0 aliphatic rings. The molecule has 0 aliphatic heterocycles. The van der Waals surface area contributed by atoms with E-state index in [-0.39, 0.29) is 174 Å². The van der Waals surface area contributed by atoms with E-state index >= 15 is 0 Å². The van der Waals surface area contributed by atoms with Crippen LogP contribution >= 0.6 is 0 Å². The van der Waals surface area contributed by atoms with E-state index in [1.54, 1.807) is 0 Å². The van der Waals surface area contributed by atoms with E-state index in [0.717, 1.165) is 38.9 Å².